The number of hydrogen-bond acceptors (Lipinski definition) is 2. The summed E-state index contributed by atoms with van der Waals surface area (Å²) in [5.74, 6) is 0.390. The van der Waals surface area contributed by atoms with Crippen molar-refractivity contribution >= 4 is 11.8 Å². The summed E-state index contributed by atoms with van der Waals surface area (Å²) in [6.45, 7) is 12.1. The van der Waals surface area contributed by atoms with Gasteiger partial charge in [0.2, 0.25) is 0 Å². The quantitative estimate of drug-likeness (QED) is 0.618. The van der Waals surface area contributed by atoms with Gasteiger partial charge in [-0.1, -0.05) is 30.3 Å². The summed E-state index contributed by atoms with van der Waals surface area (Å²) in [6.07, 6.45) is 3.26. The normalized spacial score (nSPS) is 24.0. The van der Waals surface area contributed by atoms with Crippen molar-refractivity contribution in [3.05, 3.63) is 35.9 Å². The molecule has 2 fully saturated rings. The first-order valence-corrected chi connectivity index (χ1v) is 11.2. The monoisotopic (exact) mass is 402 g/mol. The van der Waals surface area contributed by atoms with Crippen molar-refractivity contribution in [2.24, 2.45) is 0 Å². The molecule has 2 aliphatic rings. The predicted octanol–water partition coefficient (Wildman–Crippen LogP) is -0.562. The second kappa shape index (κ2) is 9.72. The predicted molar refractivity (Wildman–Crippen MR) is 114 cm³/mol. The van der Waals surface area contributed by atoms with Crippen molar-refractivity contribution in [1.29, 1.82) is 0 Å². The van der Waals surface area contributed by atoms with E-state index in [9.17, 15) is 9.59 Å². The smallest absolute Gasteiger partial charge is 0.285 e. The fourth-order valence-corrected chi connectivity index (χ4v) is 4.63. The summed E-state index contributed by atoms with van der Waals surface area (Å²) in [7, 11) is 0. The first kappa shape index (κ1) is 21.8. The standard InChI is InChI=1S/C23H36N4O2/c1-23(2,3)24-20(28)18-25-12-9-15-26(17-16-25)21(19-10-5-4-6-11-19)22(29)27-13-7-8-14-27/h4-6,10-11,21H,7-9,12-18H2,1-3H3,(H,24,28)/p+2/t21-/m0/s1. The lowest BCUT2D eigenvalue weighted by Crippen LogP contribution is -3.18. The Labute approximate surface area is 175 Å². The highest BCUT2D eigenvalue weighted by Gasteiger charge is 2.37. The zero-order valence-electron chi connectivity index (χ0n) is 18.3. The summed E-state index contributed by atoms with van der Waals surface area (Å²) < 4.78 is 0. The molecular weight excluding hydrogens is 364 g/mol. The van der Waals surface area contributed by atoms with E-state index >= 15 is 0 Å². The Bertz CT molecular complexity index is 680. The van der Waals surface area contributed by atoms with Crippen molar-refractivity contribution in [3.63, 3.8) is 0 Å². The fourth-order valence-electron chi connectivity index (χ4n) is 4.63. The summed E-state index contributed by atoms with van der Waals surface area (Å²) in [5.41, 5.74) is 0.925. The molecule has 160 valence electrons. The molecule has 6 heteroatoms. The summed E-state index contributed by atoms with van der Waals surface area (Å²) in [5, 5.41) is 3.07. The van der Waals surface area contributed by atoms with Gasteiger partial charge in [0.05, 0.1) is 13.1 Å². The van der Waals surface area contributed by atoms with Crippen LogP contribution in [0.5, 0.6) is 0 Å². The van der Waals surface area contributed by atoms with E-state index in [0.717, 1.165) is 64.1 Å². The zero-order valence-corrected chi connectivity index (χ0v) is 18.3. The van der Waals surface area contributed by atoms with Gasteiger partial charge in [0, 0.05) is 30.6 Å². The zero-order chi connectivity index (χ0) is 20.9. The van der Waals surface area contributed by atoms with E-state index in [0.29, 0.717) is 6.54 Å². The van der Waals surface area contributed by atoms with Crippen molar-refractivity contribution in [3.8, 4) is 0 Å². The molecule has 3 atom stereocenters. The molecule has 2 heterocycles. The number of nitrogens with zero attached hydrogens (tertiary/aromatic N) is 1. The van der Waals surface area contributed by atoms with E-state index in [1.807, 2.05) is 39.0 Å². The molecule has 3 N–H and O–H groups in total. The lowest BCUT2D eigenvalue weighted by atomic mass is 10.0. The van der Waals surface area contributed by atoms with Gasteiger partial charge in [-0.05, 0) is 33.6 Å². The Morgan fingerprint density at radius 1 is 1.00 bits per heavy atom. The Hall–Kier alpha value is -1.92. The largest absolute Gasteiger partial charge is 0.347 e. The van der Waals surface area contributed by atoms with Gasteiger partial charge in [0.25, 0.3) is 11.8 Å². The van der Waals surface area contributed by atoms with Crippen molar-refractivity contribution < 1.29 is 19.4 Å². The Kier molecular flexibility index (Phi) is 7.30. The fraction of sp³-hybridized carbons (Fsp3) is 0.652. The second-order valence-electron chi connectivity index (χ2n) is 9.61. The number of amides is 2. The van der Waals surface area contributed by atoms with Crippen LogP contribution in [-0.4, -0.2) is 68.1 Å². The highest BCUT2D eigenvalue weighted by atomic mass is 16.2. The SMILES string of the molecule is CC(C)(C)NC(=O)C[NH+]1CCC[NH+]([C@H](C(=O)N2CCCC2)c2ccccc2)CC1. The Morgan fingerprint density at radius 2 is 1.69 bits per heavy atom. The van der Waals surface area contributed by atoms with E-state index in [2.05, 4.69) is 22.3 Å². The maximum Gasteiger partial charge on any atom is 0.285 e. The molecule has 29 heavy (non-hydrogen) atoms. The average molecular weight is 403 g/mol. The van der Waals surface area contributed by atoms with Gasteiger partial charge in [-0.3, -0.25) is 9.59 Å². The molecule has 0 spiro atoms. The summed E-state index contributed by atoms with van der Waals surface area (Å²) >= 11 is 0. The van der Waals surface area contributed by atoms with Crippen LogP contribution in [0.1, 0.15) is 51.6 Å². The number of carbonyl (C=O) groups excluding carboxylic acids is 2. The van der Waals surface area contributed by atoms with E-state index in [-0.39, 0.29) is 23.4 Å². The average Bonchev–Trinajstić information content (AvgIpc) is 3.11. The molecule has 0 aliphatic carbocycles. The van der Waals surface area contributed by atoms with Crippen LogP contribution in [0.4, 0.5) is 0 Å². The first-order chi connectivity index (χ1) is 13.8. The molecule has 3 rings (SSSR count). The highest BCUT2D eigenvalue weighted by molar-refractivity contribution is 5.82. The third kappa shape index (κ3) is 6.28. The van der Waals surface area contributed by atoms with Crippen LogP contribution in [0.25, 0.3) is 0 Å². The molecule has 2 saturated heterocycles. The highest BCUT2D eigenvalue weighted by Crippen LogP contribution is 2.17. The van der Waals surface area contributed by atoms with Gasteiger partial charge in [0.1, 0.15) is 13.1 Å². The minimum absolute atomic E-state index is 0.115. The van der Waals surface area contributed by atoms with E-state index in [1.165, 1.54) is 9.80 Å². The topological polar surface area (TPSA) is 58.3 Å². The first-order valence-electron chi connectivity index (χ1n) is 11.2. The lowest BCUT2D eigenvalue weighted by molar-refractivity contribution is -0.948. The van der Waals surface area contributed by atoms with Crippen LogP contribution < -0.4 is 15.1 Å². The molecule has 0 bridgehead atoms. The Balaban J connectivity index is 1.67. The number of rotatable bonds is 5. The van der Waals surface area contributed by atoms with Crippen molar-refractivity contribution in [2.45, 2.75) is 51.6 Å². The molecule has 1 aromatic carbocycles. The number of benzene rings is 1. The van der Waals surface area contributed by atoms with Crippen LogP contribution >= 0.6 is 0 Å². The van der Waals surface area contributed by atoms with Gasteiger partial charge < -0.3 is 20.0 Å². The molecular formula is C23H38N4O2+2. The van der Waals surface area contributed by atoms with Gasteiger partial charge in [-0.15, -0.1) is 0 Å². The Morgan fingerprint density at radius 3 is 2.34 bits per heavy atom. The summed E-state index contributed by atoms with van der Waals surface area (Å²) in [4.78, 5) is 30.5. The minimum atomic E-state index is -0.194. The molecule has 2 amide bonds. The van der Waals surface area contributed by atoms with Gasteiger partial charge >= 0.3 is 0 Å². The third-order valence-corrected chi connectivity index (χ3v) is 5.96. The molecule has 0 radical (unpaired) electrons. The number of hydrogen-bond donors (Lipinski definition) is 3. The van der Waals surface area contributed by atoms with E-state index in [1.54, 1.807) is 0 Å². The number of carbonyl (C=O) groups is 2. The molecule has 0 aromatic heterocycles. The number of nitrogens with one attached hydrogen (secondary N) is 3. The van der Waals surface area contributed by atoms with Crippen LogP contribution in [-0.2, 0) is 9.59 Å². The maximum atomic E-state index is 13.4. The third-order valence-electron chi connectivity index (χ3n) is 5.96. The van der Waals surface area contributed by atoms with Crippen molar-refractivity contribution in [2.75, 3.05) is 45.8 Å². The number of likely N-dealkylation sites (tertiary alicyclic amines) is 1. The minimum Gasteiger partial charge on any atom is -0.347 e. The van der Waals surface area contributed by atoms with Gasteiger partial charge in [-0.2, -0.15) is 0 Å². The van der Waals surface area contributed by atoms with Gasteiger partial charge in [-0.25, -0.2) is 0 Å². The molecule has 0 saturated carbocycles. The second-order valence-corrected chi connectivity index (χ2v) is 9.61. The lowest BCUT2D eigenvalue weighted by Gasteiger charge is -2.29. The van der Waals surface area contributed by atoms with Crippen molar-refractivity contribution in [1.82, 2.24) is 10.2 Å². The van der Waals surface area contributed by atoms with Crippen LogP contribution in [0.3, 0.4) is 0 Å². The van der Waals surface area contributed by atoms with E-state index < -0.39 is 0 Å². The molecule has 6 nitrogen and oxygen atoms in total. The van der Waals surface area contributed by atoms with E-state index in [4.69, 9.17) is 0 Å². The van der Waals surface area contributed by atoms with Crippen LogP contribution in [0.15, 0.2) is 30.3 Å². The molecule has 1 aromatic rings. The van der Waals surface area contributed by atoms with Crippen LogP contribution in [0, 0.1) is 0 Å². The number of quaternary nitrogens is 2. The maximum absolute atomic E-state index is 13.4. The van der Waals surface area contributed by atoms with Gasteiger partial charge in [0.15, 0.2) is 12.6 Å². The van der Waals surface area contributed by atoms with Crippen LogP contribution in [0.2, 0.25) is 0 Å². The molecule has 2 aliphatic heterocycles. The molecule has 2 unspecified atom stereocenters. The summed E-state index contributed by atoms with van der Waals surface area (Å²) in [6, 6.07) is 10.1.